The minimum atomic E-state index is -5.44. The number of hydrogen-bond donors (Lipinski definition) is 5. The Kier molecular flexibility index (Phi) is 29.2. The number of nitrogens with zero attached hydrogens (tertiary/aromatic N) is 2. The average molecular weight is 974 g/mol. The van der Waals surface area contributed by atoms with E-state index in [9.17, 15) is 48.3 Å². The number of nitrogens with two attached hydrogens (primary N) is 1. The van der Waals surface area contributed by atoms with Crippen molar-refractivity contribution in [1.82, 2.24) is 9.55 Å². The number of aliphatic hydroxyl groups excluding tert-OH is 2. The number of rotatable bonds is 36. The van der Waals surface area contributed by atoms with Crippen molar-refractivity contribution in [2.24, 2.45) is 5.92 Å². The number of phosphoric acid groups is 2. The van der Waals surface area contributed by atoms with Crippen LogP contribution in [-0.2, 0) is 51.1 Å². The summed E-state index contributed by atoms with van der Waals surface area (Å²) in [6.07, 6.45) is 22.4. The Balaban J connectivity index is 1.85. The molecule has 1 aromatic heterocycles. The number of aromatic nitrogens is 2. The Hall–Kier alpha value is -3.61. The Morgan fingerprint density at radius 3 is 2.15 bits per heavy atom. The Morgan fingerprint density at radius 1 is 0.818 bits per heavy atom. The van der Waals surface area contributed by atoms with Gasteiger partial charge >= 0.3 is 33.3 Å². The zero-order valence-corrected chi connectivity index (χ0v) is 40.4. The first kappa shape index (κ1) is 58.5. The second-order valence-corrected chi connectivity index (χ2v) is 19.5. The monoisotopic (exact) mass is 973 g/mol. The van der Waals surface area contributed by atoms with Crippen LogP contribution in [0.4, 0.5) is 5.82 Å². The summed E-state index contributed by atoms with van der Waals surface area (Å²) >= 11 is 0. The van der Waals surface area contributed by atoms with E-state index < -0.39 is 83.7 Å². The van der Waals surface area contributed by atoms with Crippen molar-refractivity contribution in [1.29, 1.82) is 0 Å². The fraction of sp³-hybridized carbons (Fsp3) is 0.667. The molecule has 1 saturated heterocycles. The molecule has 2 heterocycles. The van der Waals surface area contributed by atoms with E-state index >= 15 is 0 Å². The SMILES string of the molecule is CCCCCC(=O)/C=C/C=C\C/C=C\C/C=C\CCCC(=O)OC[C@H](COP(=O)(O)OP(=O)(O)OC[C@H]1O[C@@H](n2ccc(N)nc2=O)[C@H](O)[C@@H]1O)OC(=O)CCCCCCCCCC(C)C. The van der Waals surface area contributed by atoms with Gasteiger partial charge in [-0.1, -0.05) is 121 Å². The fourth-order valence-corrected chi connectivity index (χ4v) is 8.55. The van der Waals surface area contributed by atoms with Gasteiger partial charge in [0.1, 0.15) is 30.7 Å². The summed E-state index contributed by atoms with van der Waals surface area (Å²) in [6, 6.07) is 1.24. The van der Waals surface area contributed by atoms with Crippen LogP contribution in [0.5, 0.6) is 0 Å². The molecule has 0 spiro atoms. The first-order chi connectivity index (χ1) is 31.4. The minimum absolute atomic E-state index is 0.0237. The molecule has 66 heavy (non-hydrogen) atoms. The predicted molar refractivity (Wildman–Crippen MR) is 247 cm³/mol. The number of carbonyl (C=O) groups excluding carboxylic acids is 3. The van der Waals surface area contributed by atoms with Crippen molar-refractivity contribution in [3.8, 4) is 0 Å². The molecule has 0 bridgehead atoms. The lowest BCUT2D eigenvalue weighted by molar-refractivity contribution is -0.161. The predicted octanol–water partition coefficient (Wildman–Crippen LogP) is 7.64. The molecule has 0 amide bonds. The Morgan fingerprint density at radius 2 is 1.45 bits per heavy atom. The van der Waals surface area contributed by atoms with E-state index in [4.69, 9.17) is 29.0 Å². The summed E-state index contributed by atoms with van der Waals surface area (Å²) in [6.45, 7) is 4.10. The van der Waals surface area contributed by atoms with Gasteiger partial charge in [0.05, 0.1) is 13.2 Å². The summed E-state index contributed by atoms with van der Waals surface area (Å²) in [5.41, 5.74) is 4.56. The summed E-state index contributed by atoms with van der Waals surface area (Å²) in [4.78, 5) is 73.3. The number of unbranched alkanes of at least 4 members (excludes halogenated alkanes) is 9. The van der Waals surface area contributed by atoms with Crippen LogP contribution in [0.15, 0.2) is 65.7 Å². The summed E-state index contributed by atoms with van der Waals surface area (Å²) < 4.78 is 56.4. The van der Waals surface area contributed by atoms with Crippen molar-refractivity contribution >= 4 is 39.2 Å². The highest BCUT2D eigenvalue weighted by Crippen LogP contribution is 2.60. The van der Waals surface area contributed by atoms with Gasteiger partial charge in [-0.2, -0.15) is 9.29 Å². The van der Waals surface area contributed by atoms with Crippen molar-refractivity contribution in [2.45, 2.75) is 167 Å². The van der Waals surface area contributed by atoms with Gasteiger partial charge in [-0.15, -0.1) is 0 Å². The zero-order valence-electron chi connectivity index (χ0n) is 38.6. The first-order valence-electron chi connectivity index (χ1n) is 23.0. The molecular formula is C45H73N3O16P2. The largest absolute Gasteiger partial charge is 0.481 e. The maximum absolute atomic E-state index is 12.8. The van der Waals surface area contributed by atoms with Crippen LogP contribution < -0.4 is 11.4 Å². The molecule has 1 aliphatic heterocycles. The maximum atomic E-state index is 12.8. The van der Waals surface area contributed by atoms with Gasteiger partial charge in [-0.3, -0.25) is 28.0 Å². The van der Waals surface area contributed by atoms with Crippen LogP contribution in [0.25, 0.3) is 0 Å². The molecule has 374 valence electrons. The highest BCUT2D eigenvalue weighted by Gasteiger charge is 2.46. The number of phosphoric ester groups is 2. The molecule has 1 aliphatic rings. The van der Waals surface area contributed by atoms with Gasteiger partial charge in [0.25, 0.3) is 0 Å². The number of carbonyl (C=O) groups is 3. The lowest BCUT2D eigenvalue weighted by Gasteiger charge is -2.21. The standard InChI is InChI=1S/C45H73N3O16P2/c1-4-5-20-26-36(49)27-22-17-13-9-7-6-8-10-14-18-23-28-40(50)59-32-37(62-41(51)29-24-19-15-11-12-16-21-25-35(2)3)33-60-65(55,56)64-66(57,58)61-34-38-42(52)43(53)44(63-38)48-31-30-39(46)47-45(48)54/h6-7,10,13-14,17,22,27,30-31,35,37-38,42-44,52-53H,4-5,8-9,11-12,15-16,18-21,23-26,28-29,32-34H2,1-3H3,(H,55,56)(H,57,58)(H2,46,47,54)/b7-6-,14-10-,17-13-,27-22+/t37-,38-,42-,43-,44-/m1/s1. The molecule has 21 heteroatoms. The molecule has 0 aliphatic carbocycles. The minimum Gasteiger partial charge on any atom is -0.462 e. The third-order valence-corrected chi connectivity index (χ3v) is 12.7. The Labute approximate surface area is 388 Å². The van der Waals surface area contributed by atoms with Gasteiger partial charge < -0.3 is 39.9 Å². The number of allylic oxidation sites excluding steroid dienone is 8. The summed E-state index contributed by atoms with van der Waals surface area (Å²) in [5.74, 6) is -0.603. The molecule has 0 aromatic carbocycles. The van der Waals surface area contributed by atoms with E-state index in [-0.39, 0.29) is 24.4 Å². The number of aliphatic hydroxyl groups is 2. The first-order valence-corrected chi connectivity index (χ1v) is 26.0. The molecule has 1 fully saturated rings. The topological polar surface area (TPSA) is 283 Å². The van der Waals surface area contributed by atoms with Crippen LogP contribution >= 0.6 is 15.6 Å². The van der Waals surface area contributed by atoms with Crippen molar-refractivity contribution in [2.75, 3.05) is 25.6 Å². The van der Waals surface area contributed by atoms with Crippen LogP contribution in [0, 0.1) is 5.92 Å². The van der Waals surface area contributed by atoms with Gasteiger partial charge in [-0.05, 0) is 56.6 Å². The second-order valence-electron chi connectivity index (χ2n) is 16.4. The maximum Gasteiger partial charge on any atom is 0.481 e. The molecular weight excluding hydrogens is 900 g/mol. The third kappa shape index (κ3) is 26.7. The number of anilines is 1. The Bertz CT molecular complexity index is 1870. The fourth-order valence-electron chi connectivity index (χ4n) is 6.44. The van der Waals surface area contributed by atoms with E-state index in [1.54, 1.807) is 12.2 Å². The quantitative estimate of drug-likeness (QED) is 0.0108. The zero-order chi connectivity index (χ0) is 48.8. The second kappa shape index (κ2) is 33.0. The van der Waals surface area contributed by atoms with Crippen LogP contribution in [0.3, 0.4) is 0 Å². The van der Waals surface area contributed by atoms with Crippen molar-refractivity contribution < 1.29 is 71.1 Å². The number of ether oxygens (including phenoxy) is 3. The van der Waals surface area contributed by atoms with E-state index in [1.165, 1.54) is 18.9 Å². The third-order valence-electron chi connectivity index (χ3n) is 10.1. The summed E-state index contributed by atoms with van der Waals surface area (Å²) in [7, 11) is -10.9. The van der Waals surface area contributed by atoms with Gasteiger partial charge in [-0.25, -0.2) is 13.9 Å². The van der Waals surface area contributed by atoms with E-state index in [0.29, 0.717) is 38.0 Å². The molecule has 0 saturated carbocycles. The number of ketones is 1. The van der Waals surface area contributed by atoms with Gasteiger partial charge in [0.15, 0.2) is 18.1 Å². The van der Waals surface area contributed by atoms with E-state index in [1.807, 2.05) is 36.5 Å². The van der Waals surface area contributed by atoms with Crippen LogP contribution in [0.2, 0.25) is 0 Å². The molecule has 2 unspecified atom stereocenters. The molecule has 0 radical (unpaired) electrons. The molecule has 19 nitrogen and oxygen atoms in total. The van der Waals surface area contributed by atoms with E-state index in [2.05, 4.69) is 30.1 Å². The number of esters is 2. The van der Waals surface area contributed by atoms with Crippen molar-refractivity contribution in [3.05, 3.63) is 71.4 Å². The molecule has 2 rings (SSSR count). The van der Waals surface area contributed by atoms with Crippen LogP contribution in [0.1, 0.15) is 143 Å². The smallest absolute Gasteiger partial charge is 0.462 e. The normalized spacial score (nSPS) is 20.1. The molecule has 6 N–H and O–H groups in total. The average Bonchev–Trinajstić information content (AvgIpc) is 3.53. The van der Waals surface area contributed by atoms with Gasteiger partial charge in [0, 0.05) is 25.5 Å². The van der Waals surface area contributed by atoms with E-state index in [0.717, 1.165) is 68.6 Å². The lowest BCUT2D eigenvalue weighted by atomic mass is 10.0. The number of nitrogen functional groups attached to an aromatic ring is 1. The highest BCUT2D eigenvalue weighted by atomic mass is 31.3. The van der Waals surface area contributed by atoms with Crippen LogP contribution in [-0.4, -0.2) is 91.5 Å². The number of hydrogen-bond acceptors (Lipinski definition) is 16. The highest BCUT2D eigenvalue weighted by molar-refractivity contribution is 7.61. The summed E-state index contributed by atoms with van der Waals surface area (Å²) in [5, 5.41) is 20.8. The molecule has 7 atom stereocenters. The van der Waals surface area contributed by atoms with Gasteiger partial charge in [0.2, 0.25) is 0 Å². The molecule has 1 aromatic rings. The lowest BCUT2D eigenvalue weighted by Crippen LogP contribution is -2.36. The van der Waals surface area contributed by atoms with Crippen molar-refractivity contribution in [3.63, 3.8) is 0 Å².